The van der Waals surface area contributed by atoms with E-state index >= 15 is 0 Å². The Morgan fingerprint density at radius 1 is 1.24 bits per heavy atom. The Hall–Kier alpha value is -2.83. The summed E-state index contributed by atoms with van der Waals surface area (Å²) in [7, 11) is 3.15. The summed E-state index contributed by atoms with van der Waals surface area (Å²) in [6.07, 6.45) is 1.94. The van der Waals surface area contributed by atoms with E-state index in [1.807, 2.05) is 18.2 Å². The molecule has 7 heteroatoms. The van der Waals surface area contributed by atoms with Crippen molar-refractivity contribution in [2.45, 2.75) is 6.54 Å². The molecule has 0 saturated carbocycles. The molecule has 0 aliphatic rings. The molecule has 3 N–H and O–H groups in total. The molecule has 0 atom stereocenters. The molecule has 110 valence electrons. The zero-order chi connectivity index (χ0) is 15.2. The number of aldehydes is 1. The van der Waals surface area contributed by atoms with Crippen molar-refractivity contribution < 1.29 is 14.3 Å². The third kappa shape index (κ3) is 3.19. The Labute approximate surface area is 122 Å². The van der Waals surface area contributed by atoms with E-state index in [4.69, 9.17) is 15.2 Å². The van der Waals surface area contributed by atoms with Gasteiger partial charge in [0.25, 0.3) is 0 Å². The number of nitrogen functional groups attached to an aromatic ring is 1. The number of rotatable bonds is 6. The maximum absolute atomic E-state index is 11.0. The van der Waals surface area contributed by atoms with Crippen LogP contribution in [0.4, 0.5) is 11.6 Å². The molecule has 0 saturated heterocycles. The van der Waals surface area contributed by atoms with Crippen LogP contribution >= 0.6 is 0 Å². The van der Waals surface area contributed by atoms with Crippen molar-refractivity contribution in [3.8, 4) is 11.5 Å². The van der Waals surface area contributed by atoms with Crippen molar-refractivity contribution in [2.24, 2.45) is 0 Å². The van der Waals surface area contributed by atoms with Crippen molar-refractivity contribution in [3.63, 3.8) is 0 Å². The molecule has 0 aliphatic heterocycles. The van der Waals surface area contributed by atoms with Crippen LogP contribution < -0.4 is 20.5 Å². The number of hydrogen-bond acceptors (Lipinski definition) is 7. The lowest BCUT2D eigenvalue weighted by atomic mass is 10.2. The molecule has 21 heavy (non-hydrogen) atoms. The van der Waals surface area contributed by atoms with Gasteiger partial charge in [0.15, 0.2) is 17.8 Å². The van der Waals surface area contributed by atoms with Crippen LogP contribution in [0.2, 0.25) is 0 Å². The summed E-state index contributed by atoms with van der Waals surface area (Å²) in [6, 6.07) is 5.54. The molecule has 2 aromatic rings. The average Bonchev–Trinajstić information content (AvgIpc) is 2.52. The summed E-state index contributed by atoms with van der Waals surface area (Å²) >= 11 is 0. The third-order valence-corrected chi connectivity index (χ3v) is 2.94. The topological polar surface area (TPSA) is 99.4 Å². The first-order valence-corrected chi connectivity index (χ1v) is 6.20. The lowest BCUT2D eigenvalue weighted by molar-refractivity contribution is 0.112. The van der Waals surface area contributed by atoms with Crippen LogP contribution in [0.3, 0.4) is 0 Å². The monoisotopic (exact) mass is 288 g/mol. The summed E-state index contributed by atoms with van der Waals surface area (Å²) in [5.74, 6) is 1.83. The fourth-order valence-electron chi connectivity index (χ4n) is 1.84. The number of carbonyl (C=O) groups excluding carboxylic acids is 1. The minimum absolute atomic E-state index is 0.148. The summed E-state index contributed by atoms with van der Waals surface area (Å²) < 4.78 is 10.4. The van der Waals surface area contributed by atoms with Gasteiger partial charge >= 0.3 is 0 Å². The fraction of sp³-hybridized carbons (Fsp3) is 0.214. The van der Waals surface area contributed by atoms with E-state index in [-0.39, 0.29) is 11.4 Å². The number of carbonyl (C=O) groups is 1. The number of methoxy groups -OCH3 is 2. The normalized spacial score (nSPS) is 10.0. The Morgan fingerprint density at radius 3 is 2.67 bits per heavy atom. The van der Waals surface area contributed by atoms with E-state index in [9.17, 15) is 4.79 Å². The predicted octanol–water partition coefficient (Wildman–Crippen LogP) is 1.50. The first-order chi connectivity index (χ1) is 10.2. The van der Waals surface area contributed by atoms with Crippen molar-refractivity contribution in [3.05, 3.63) is 35.7 Å². The largest absolute Gasteiger partial charge is 0.493 e. The number of hydrogen-bond donors (Lipinski definition) is 2. The molecule has 0 bridgehead atoms. The average molecular weight is 288 g/mol. The molecule has 1 aromatic heterocycles. The van der Waals surface area contributed by atoms with Crippen LogP contribution in [0, 0.1) is 0 Å². The van der Waals surface area contributed by atoms with E-state index in [0.717, 1.165) is 5.56 Å². The SMILES string of the molecule is COc1ccc(CNc2ncnc(N)c2C=O)cc1OC. The van der Waals surface area contributed by atoms with Gasteiger partial charge in [-0.3, -0.25) is 4.79 Å². The molecule has 1 heterocycles. The number of aromatic nitrogens is 2. The molecule has 7 nitrogen and oxygen atoms in total. The summed E-state index contributed by atoms with van der Waals surface area (Å²) in [5.41, 5.74) is 6.82. The lowest BCUT2D eigenvalue weighted by Crippen LogP contribution is -2.08. The second kappa shape index (κ2) is 6.56. The molecule has 2 rings (SSSR count). The first-order valence-electron chi connectivity index (χ1n) is 6.20. The predicted molar refractivity (Wildman–Crippen MR) is 78.7 cm³/mol. The standard InChI is InChI=1S/C14H16N4O3/c1-20-11-4-3-9(5-12(11)21-2)6-16-14-10(7-19)13(15)17-8-18-14/h3-5,7-8H,6H2,1-2H3,(H3,15,16,17,18). The second-order valence-corrected chi connectivity index (χ2v) is 4.18. The number of anilines is 2. The maximum Gasteiger partial charge on any atom is 0.161 e. The Balaban J connectivity index is 2.17. The Morgan fingerprint density at radius 2 is 2.00 bits per heavy atom. The zero-order valence-corrected chi connectivity index (χ0v) is 11.8. The van der Waals surface area contributed by atoms with Crippen LogP contribution in [0.25, 0.3) is 0 Å². The van der Waals surface area contributed by atoms with E-state index in [1.165, 1.54) is 6.33 Å². The highest BCUT2D eigenvalue weighted by molar-refractivity contribution is 5.88. The fourth-order valence-corrected chi connectivity index (χ4v) is 1.84. The Kier molecular flexibility index (Phi) is 4.55. The highest BCUT2D eigenvalue weighted by atomic mass is 16.5. The lowest BCUT2D eigenvalue weighted by Gasteiger charge is -2.11. The maximum atomic E-state index is 11.0. The van der Waals surface area contributed by atoms with Crippen LogP contribution in [-0.4, -0.2) is 30.5 Å². The van der Waals surface area contributed by atoms with Crippen molar-refractivity contribution in [1.82, 2.24) is 9.97 Å². The van der Waals surface area contributed by atoms with Gasteiger partial charge in [-0.1, -0.05) is 6.07 Å². The minimum Gasteiger partial charge on any atom is -0.493 e. The van der Waals surface area contributed by atoms with Crippen molar-refractivity contribution in [2.75, 3.05) is 25.3 Å². The van der Waals surface area contributed by atoms with E-state index in [2.05, 4.69) is 15.3 Å². The zero-order valence-electron chi connectivity index (χ0n) is 11.8. The van der Waals surface area contributed by atoms with Crippen LogP contribution in [0.1, 0.15) is 15.9 Å². The van der Waals surface area contributed by atoms with Gasteiger partial charge in [0.1, 0.15) is 18.0 Å². The van der Waals surface area contributed by atoms with Crippen LogP contribution in [-0.2, 0) is 6.54 Å². The van der Waals surface area contributed by atoms with Gasteiger partial charge in [0.2, 0.25) is 0 Å². The smallest absolute Gasteiger partial charge is 0.161 e. The molecule has 1 aromatic carbocycles. The molecular formula is C14H16N4O3. The highest BCUT2D eigenvalue weighted by Crippen LogP contribution is 2.28. The summed E-state index contributed by atoms with van der Waals surface area (Å²) in [6.45, 7) is 0.456. The van der Waals surface area contributed by atoms with E-state index < -0.39 is 0 Å². The number of nitrogens with one attached hydrogen (secondary N) is 1. The number of benzene rings is 1. The number of ether oxygens (including phenoxy) is 2. The van der Waals surface area contributed by atoms with Gasteiger partial charge in [0, 0.05) is 6.54 Å². The van der Waals surface area contributed by atoms with Gasteiger partial charge in [-0.05, 0) is 17.7 Å². The van der Waals surface area contributed by atoms with Crippen LogP contribution in [0.15, 0.2) is 24.5 Å². The Bertz CT molecular complexity index is 646. The van der Waals surface area contributed by atoms with E-state index in [0.29, 0.717) is 30.1 Å². The molecule has 0 radical (unpaired) electrons. The van der Waals surface area contributed by atoms with Gasteiger partial charge in [-0.25, -0.2) is 9.97 Å². The molecule has 0 aliphatic carbocycles. The molecule has 0 fully saturated rings. The first kappa shape index (κ1) is 14.6. The summed E-state index contributed by atoms with van der Waals surface area (Å²) in [5, 5.41) is 3.05. The number of nitrogens with zero attached hydrogens (tertiary/aromatic N) is 2. The highest BCUT2D eigenvalue weighted by Gasteiger charge is 2.09. The summed E-state index contributed by atoms with van der Waals surface area (Å²) in [4.78, 5) is 18.8. The van der Waals surface area contributed by atoms with Crippen molar-refractivity contribution in [1.29, 1.82) is 0 Å². The van der Waals surface area contributed by atoms with Gasteiger partial charge in [0.05, 0.1) is 19.8 Å². The molecular weight excluding hydrogens is 272 g/mol. The van der Waals surface area contributed by atoms with Crippen LogP contribution in [0.5, 0.6) is 11.5 Å². The quantitative estimate of drug-likeness (QED) is 0.777. The van der Waals surface area contributed by atoms with Gasteiger partial charge < -0.3 is 20.5 Å². The molecule has 0 amide bonds. The van der Waals surface area contributed by atoms with E-state index in [1.54, 1.807) is 14.2 Å². The third-order valence-electron chi connectivity index (χ3n) is 2.94. The minimum atomic E-state index is 0.148. The van der Waals surface area contributed by atoms with Gasteiger partial charge in [-0.2, -0.15) is 0 Å². The molecule has 0 unspecified atom stereocenters. The molecule has 0 spiro atoms. The number of nitrogens with two attached hydrogens (primary N) is 1. The van der Waals surface area contributed by atoms with Gasteiger partial charge in [-0.15, -0.1) is 0 Å². The second-order valence-electron chi connectivity index (χ2n) is 4.18. The van der Waals surface area contributed by atoms with Crippen molar-refractivity contribution >= 4 is 17.9 Å².